The van der Waals surface area contributed by atoms with Crippen LogP contribution in [0.5, 0.6) is 0 Å². The first-order chi connectivity index (χ1) is 41.7. The van der Waals surface area contributed by atoms with Crippen molar-refractivity contribution in [2.24, 2.45) is 0 Å². The molecule has 0 amide bonds. The molecule has 0 fully saturated rings. The molecule has 0 aliphatic heterocycles. The van der Waals surface area contributed by atoms with Gasteiger partial charge < -0.3 is 13.6 Å². The van der Waals surface area contributed by atoms with Gasteiger partial charge in [-0.3, -0.25) is 0 Å². The molecule has 4 heteroatoms. The van der Waals surface area contributed by atoms with Gasteiger partial charge in [0, 0.05) is 49.2 Å². The number of hydrogen-bond acceptors (Lipinski definition) is 2. The Bertz CT molecular complexity index is 4940. The van der Waals surface area contributed by atoms with E-state index in [9.17, 15) is 5.26 Å². The summed E-state index contributed by atoms with van der Waals surface area (Å²) in [6.45, 7) is 27.6. The lowest BCUT2D eigenvalue weighted by atomic mass is 9.80. The van der Waals surface area contributed by atoms with Crippen LogP contribution in [0.2, 0.25) is 0 Å². The van der Waals surface area contributed by atoms with E-state index >= 15 is 0 Å². The summed E-state index contributed by atoms with van der Waals surface area (Å²) in [5.74, 6) is 0. The van der Waals surface area contributed by atoms with Crippen LogP contribution in [0, 0.1) is 11.3 Å². The Kier molecular flexibility index (Phi) is 12.8. The van der Waals surface area contributed by atoms with Gasteiger partial charge in [0.1, 0.15) is 17.2 Å². The standard InChI is InChI=1S/C83H73N3O/c1-80(2,3)56-38-42-65-60(46-56)61-47-57(81(4,5)6)39-43-66(61)85(65)76-64(50-84)78-75(77(73(76)55-36-26-17-27-37-55)86-67-44-40-58(82(7,8)9)48-62(67)63-49-59(83(10,11)12)41-45-68(63)86)74-71(53-32-22-15-23-33-53)69(51-28-18-13-19-29-51)70(52-30-20-14-21-31-52)72(79(74)87-78)54-34-24-16-25-35-54/h13-49H,1-12H3. The summed E-state index contributed by atoms with van der Waals surface area (Å²) in [5.41, 5.74) is 22.2. The molecule has 0 spiro atoms. The van der Waals surface area contributed by atoms with Crippen LogP contribution < -0.4 is 0 Å². The number of nitrogens with zero attached hydrogens (tertiary/aromatic N) is 3. The number of furan rings is 1. The molecule has 87 heavy (non-hydrogen) atoms. The fourth-order valence-corrected chi connectivity index (χ4v) is 13.6. The Morgan fingerprint density at radius 1 is 0.299 bits per heavy atom. The van der Waals surface area contributed by atoms with Crippen LogP contribution in [0.4, 0.5) is 0 Å². The van der Waals surface area contributed by atoms with Crippen molar-refractivity contribution in [1.29, 1.82) is 5.26 Å². The second-order valence-corrected chi connectivity index (χ2v) is 28.0. The molecule has 14 aromatic rings. The summed E-state index contributed by atoms with van der Waals surface area (Å²) >= 11 is 0. The third kappa shape index (κ3) is 9.01. The normalized spacial score (nSPS) is 12.6. The number of aromatic nitrogens is 2. The molecule has 0 aliphatic carbocycles. The van der Waals surface area contributed by atoms with E-state index in [4.69, 9.17) is 4.42 Å². The second-order valence-electron chi connectivity index (χ2n) is 28.0. The average Bonchev–Trinajstić information content (AvgIpc) is 1.57. The minimum Gasteiger partial charge on any atom is -0.454 e. The molecule has 0 radical (unpaired) electrons. The summed E-state index contributed by atoms with van der Waals surface area (Å²) in [5, 5.41) is 19.1. The lowest BCUT2D eigenvalue weighted by Crippen LogP contribution is -2.11. The zero-order chi connectivity index (χ0) is 60.5. The highest BCUT2D eigenvalue weighted by molar-refractivity contribution is 6.29. The fourth-order valence-electron chi connectivity index (χ4n) is 13.6. The van der Waals surface area contributed by atoms with Gasteiger partial charge in [0.2, 0.25) is 0 Å². The molecule has 0 saturated heterocycles. The summed E-state index contributed by atoms with van der Waals surface area (Å²) in [4.78, 5) is 0. The maximum Gasteiger partial charge on any atom is 0.157 e. The van der Waals surface area contributed by atoms with Gasteiger partial charge in [-0.15, -0.1) is 0 Å². The number of hydrogen-bond donors (Lipinski definition) is 0. The quantitative estimate of drug-likeness (QED) is 0.160. The van der Waals surface area contributed by atoms with Crippen molar-refractivity contribution in [3.05, 3.63) is 252 Å². The molecule has 0 bridgehead atoms. The molecule has 426 valence electrons. The first-order valence-corrected chi connectivity index (χ1v) is 30.7. The molecule has 4 nitrogen and oxygen atoms in total. The number of nitriles is 1. The summed E-state index contributed by atoms with van der Waals surface area (Å²) in [6.07, 6.45) is 0. The number of fused-ring (bicyclic) bond motifs is 9. The molecular formula is C83H73N3O. The van der Waals surface area contributed by atoms with Crippen molar-refractivity contribution in [3.8, 4) is 73.1 Å². The number of rotatable bonds is 7. The summed E-state index contributed by atoms with van der Waals surface area (Å²) in [7, 11) is 0. The van der Waals surface area contributed by atoms with E-state index in [1.165, 1.54) is 33.0 Å². The van der Waals surface area contributed by atoms with E-state index < -0.39 is 0 Å². The Morgan fingerprint density at radius 2 is 0.586 bits per heavy atom. The summed E-state index contributed by atoms with van der Waals surface area (Å²) < 4.78 is 13.0. The van der Waals surface area contributed by atoms with Gasteiger partial charge in [0.15, 0.2) is 5.58 Å². The van der Waals surface area contributed by atoms with Crippen molar-refractivity contribution < 1.29 is 4.42 Å². The van der Waals surface area contributed by atoms with Crippen molar-refractivity contribution in [1.82, 2.24) is 9.13 Å². The van der Waals surface area contributed by atoms with Gasteiger partial charge in [0.05, 0.1) is 38.8 Å². The fraction of sp³-hybridized carbons (Fsp3) is 0.193. The molecule has 14 rings (SSSR count). The van der Waals surface area contributed by atoms with Gasteiger partial charge in [-0.25, -0.2) is 0 Å². The number of benzene rings is 11. The molecular weight excluding hydrogens is 1050 g/mol. The third-order valence-electron chi connectivity index (χ3n) is 18.2. The van der Waals surface area contributed by atoms with E-state index in [2.05, 4.69) is 323 Å². The third-order valence-corrected chi connectivity index (χ3v) is 18.2. The van der Waals surface area contributed by atoms with Crippen molar-refractivity contribution >= 4 is 65.6 Å². The van der Waals surface area contributed by atoms with E-state index in [0.717, 1.165) is 111 Å². The molecule has 0 aliphatic rings. The van der Waals surface area contributed by atoms with Crippen LogP contribution in [0.3, 0.4) is 0 Å². The van der Waals surface area contributed by atoms with Gasteiger partial charge in [-0.1, -0.05) is 259 Å². The molecule has 3 aromatic heterocycles. The minimum atomic E-state index is -0.131. The maximum atomic E-state index is 12.7. The molecule has 11 aromatic carbocycles. The predicted molar refractivity (Wildman–Crippen MR) is 369 cm³/mol. The van der Waals surface area contributed by atoms with E-state index in [-0.39, 0.29) is 21.7 Å². The highest BCUT2D eigenvalue weighted by atomic mass is 16.3. The van der Waals surface area contributed by atoms with E-state index in [1.54, 1.807) is 0 Å². The lowest BCUT2D eigenvalue weighted by molar-refractivity contribution is 0.590. The minimum absolute atomic E-state index is 0.127. The first kappa shape index (κ1) is 55.2. The smallest absolute Gasteiger partial charge is 0.157 e. The van der Waals surface area contributed by atoms with Gasteiger partial charge in [-0.05, 0) is 126 Å². The van der Waals surface area contributed by atoms with Crippen LogP contribution >= 0.6 is 0 Å². The largest absolute Gasteiger partial charge is 0.454 e. The topological polar surface area (TPSA) is 46.8 Å². The Morgan fingerprint density at radius 3 is 0.908 bits per heavy atom. The van der Waals surface area contributed by atoms with E-state index in [1.807, 2.05) is 0 Å². The zero-order valence-electron chi connectivity index (χ0n) is 52.1. The average molecular weight is 1130 g/mol. The highest BCUT2D eigenvalue weighted by Crippen LogP contribution is 2.58. The monoisotopic (exact) mass is 1130 g/mol. The first-order valence-electron chi connectivity index (χ1n) is 30.7. The maximum absolute atomic E-state index is 12.7. The summed E-state index contributed by atoms with van der Waals surface area (Å²) in [6, 6.07) is 85.4. The molecule has 0 unspecified atom stereocenters. The van der Waals surface area contributed by atoms with Crippen LogP contribution in [0.15, 0.2) is 229 Å². The molecule has 0 N–H and O–H groups in total. The van der Waals surface area contributed by atoms with Gasteiger partial charge in [-0.2, -0.15) is 5.26 Å². The Hall–Kier alpha value is -9.69. The highest BCUT2D eigenvalue weighted by Gasteiger charge is 2.36. The molecule has 3 heterocycles. The lowest BCUT2D eigenvalue weighted by Gasteiger charge is -2.25. The zero-order valence-corrected chi connectivity index (χ0v) is 52.1. The Balaban J connectivity index is 1.34. The Labute approximate surface area is 511 Å². The van der Waals surface area contributed by atoms with Crippen molar-refractivity contribution in [2.45, 2.75) is 105 Å². The van der Waals surface area contributed by atoms with Crippen molar-refractivity contribution in [2.75, 3.05) is 0 Å². The SMILES string of the molecule is CC(C)(C)c1ccc2c(c1)c1cc(C(C)(C)C)ccc1n2-c1c(-c2ccccc2)c(-n2c3ccc(C(C)(C)C)cc3c3cc(C(C)(C)C)ccc32)c2c(oc3c(-c4ccccc4)c(-c4ccccc4)c(-c4ccccc4)c(-c4ccccc4)c32)c1C#N. The van der Waals surface area contributed by atoms with Gasteiger partial charge >= 0.3 is 0 Å². The second kappa shape index (κ2) is 20.2. The van der Waals surface area contributed by atoms with E-state index in [0.29, 0.717) is 16.7 Å². The predicted octanol–water partition coefficient (Wildman–Crippen LogP) is 23.2. The van der Waals surface area contributed by atoms with Crippen LogP contribution in [-0.4, -0.2) is 9.13 Å². The van der Waals surface area contributed by atoms with Crippen LogP contribution in [-0.2, 0) is 21.7 Å². The van der Waals surface area contributed by atoms with Crippen molar-refractivity contribution in [3.63, 3.8) is 0 Å². The van der Waals surface area contributed by atoms with Gasteiger partial charge in [0.25, 0.3) is 0 Å². The van der Waals surface area contributed by atoms with Crippen LogP contribution in [0.1, 0.15) is 111 Å². The van der Waals surface area contributed by atoms with Crippen LogP contribution in [0.25, 0.3) is 133 Å². The molecule has 0 saturated carbocycles. The molecule has 0 atom stereocenters.